The van der Waals surface area contributed by atoms with Crippen molar-refractivity contribution >= 4 is 16.9 Å². The molecule has 1 saturated heterocycles. The van der Waals surface area contributed by atoms with Crippen LogP contribution in [0.2, 0.25) is 0 Å². The molecule has 0 spiro atoms. The van der Waals surface area contributed by atoms with Crippen LogP contribution in [-0.2, 0) is 0 Å². The predicted octanol–water partition coefficient (Wildman–Crippen LogP) is 2.34. The lowest BCUT2D eigenvalue weighted by Gasteiger charge is -2.30. The highest BCUT2D eigenvalue weighted by molar-refractivity contribution is 6.07. The van der Waals surface area contributed by atoms with Gasteiger partial charge in [0, 0.05) is 30.4 Å². The molecule has 27 heavy (non-hydrogen) atoms. The van der Waals surface area contributed by atoms with Crippen LogP contribution in [0.15, 0.2) is 24.3 Å². The third-order valence-electron chi connectivity index (χ3n) is 5.01. The monoisotopic (exact) mass is 369 g/mol. The van der Waals surface area contributed by atoms with Crippen LogP contribution in [0.5, 0.6) is 5.75 Å². The van der Waals surface area contributed by atoms with E-state index in [4.69, 9.17) is 5.73 Å². The van der Waals surface area contributed by atoms with Crippen LogP contribution in [0.1, 0.15) is 28.9 Å². The quantitative estimate of drug-likeness (QED) is 0.643. The van der Waals surface area contributed by atoms with Crippen LogP contribution in [0.3, 0.4) is 0 Å². The van der Waals surface area contributed by atoms with Crippen LogP contribution in [0.4, 0.5) is 4.39 Å². The number of hydrogen-bond donors (Lipinski definition) is 3. The van der Waals surface area contributed by atoms with E-state index in [-0.39, 0.29) is 11.9 Å². The summed E-state index contributed by atoms with van der Waals surface area (Å²) in [5, 5.41) is 17.1. The molecular weight excluding hydrogens is 349 g/mol. The number of nitrogens with one attached hydrogen (secondary N) is 1. The second-order valence-corrected chi connectivity index (χ2v) is 6.90. The predicted molar refractivity (Wildman–Crippen MR) is 98.8 cm³/mol. The summed E-state index contributed by atoms with van der Waals surface area (Å²) in [6.45, 7) is 3.04. The first kappa shape index (κ1) is 17.4. The van der Waals surface area contributed by atoms with Crippen molar-refractivity contribution in [1.82, 2.24) is 20.1 Å². The topological polar surface area (TPSA) is 108 Å². The average molecular weight is 369 g/mol. The van der Waals surface area contributed by atoms with Gasteiger partial charge in [-0.3, -0.25) is 9.89 Å². The summed E-state index contributed by atoms with van der Waals surface area (Å²) in [7, 11) is 0. The summed E-state index contributed by atoms with van der Waals surface area (Å²) in [4.78, 5) is 19.4. The number of aromatic amines is 1. The highest BCUT2D eigenvalue weighted by Gasteiger charge is 2.25. The molecule has 8 heteroatoms. The van der Waals surface area contributed by atoms with Crippen molar-refractivity contribution in [2.24, 2.45) is 5.73 Å². The van der Waals surface area contributed by atoms with E-state index in [9.17, 15) is 14.3 Å². The summed E-state index contributed by atoms with van der Waals surface area (Å²) in [6.07, 6.45) is 1.53. The van der Waals surface area contributed by atoms with Crippen LogP contribution in [0, 0.1) is 12.7 Å². The fourth-order valence-corrected chi connectivity index (χ4v) is 3.43. The third-order valence-corrected chi connectivity index (χ3v) is 5.01. The summed E-state index contributed by atoms with van der Waals surface area (Å²) >= 11 is 0. The highest BCUT2D eigenvalue weighted by Crippen LogP contribution is 2.29. The van der Waals surface area contributed by atoms with Crippen LogP contribution in [-0.4, -0.2) is 50.2 Å². The normalized spacial score (nSPS) is 15.4. The number of phenolic OH excluding ortho intramolecular Hbond substituents is 1. The number of amides is 1. The number of carbonyl (C=O) groups is 1. The molecule has 140 valence electrons. The van der Waals surface area contributed by atoms with Gasteiger partial charge >= 0.3 is 0 Å². The smallest absolute Gasteiger partial charge is 0.254 e. The van der Waals surface area contributed by atoms with Crippen molar-refractivity contribution in [2.75, 3.05) is 13.1 Å². The van der Waals surface area contributed by atoms with E-state index in [1.165, 1.54) is 12.1 Å². The molecule has 1 aliphatic heterocycles. The number of likely N-dealkylation sites (tertiary alicyclic amines) is 1. The number of fused-ring (bicyclic) bond motifs is 1. The molecular formula is C19H20FN5O2. The molecule has 0 aliphatic carbocycles. The number of nitrogens with zero attached hydrogens (tertiary/aromatic N) is 3. The van der Waals surface area contributed by atoms with Gasteiger partial charge < -0.3 is 15.7 Å². The van der Waals surface area contributed by atoms with E-state index < -0.39 is 11.6 Å². The molecule has 2 aromatic heterocycles. The lowest BCUT2D eigenvalue weighted by molar-refractivity contribution is 0.0716. The van der Waals surface area contributed by atoms with Crippen LogP contribution >= 0.6 is 0 Å². The minimum Gasteiger partial charge on any atom is -0.505 e. The molecule has 7 nitrogen and oxygen atoms in total. The zero-order valence-electron chi connectivity index (χ0n) is 14.9. The van der Waals surface area contributed by atoms with Crippen molar-refractivity contribution < 1.29 is 14.3 Å². The van der Waals surface area contributed by atoms with Crippen molar-refractivity contribution in [3.63, 3.8) is 0 Å². The Kier molecular flexibility index (Phi) is 4.27. The molecule has 3 heterocycles. The second kappa shape index (κ2) is 6.62. The first-order valence-corrected chi connectivity index (χ1v) is 8.83. The molecule has 1 fully saturated rings. The number of H-pyrrole nitrogens is 1. The minimum absolute atomic E-state index is 0.112. The Bertz CT molecular complexity index is 1020. The Morgan fingerprint density at radius 2 is 2.07 bits per heavy atom. The zero-order valence-corrected chi connectivity index (χ0v) is 14.9. The number of hydrogen-bond acceptors (Lipinski definition) is 5. The first-order chi connectivity index (χ1) is 12.9. The van der Waals surface area contributed by atoms with Gasteiger partial charge in [-0.25, -0.2) is 9.37 Å². The van der Waals surface area contributed by atoms with E-state index in [1.54, 1.807) is 17.0 Å². The number of nitrogens with two attached hydrogens (primary N) is 1. The summed E-state index contributed by atoms with van der Waals surface area (Å²) in [5.74, 6) is -1.29. The maximum Gasteiger partial charge on any atom is 0.254 e. The van der Waals surface area contributed by atoms with Crippen molar-refractivity contribution in [2.45, 2.75) is 25.8 Å². The molecule has 1 aromatic carbocycles. The van der Waals surface area contributed by atoms with Gasteiger partial charge in [-0.2, -0.15) is 5.10 Å². The SMILES string of the molecule is Cc1[nH]nc2nc(-c3ccc(O)c(F)c3)cc(C(=O)N3CCC(N)CC3)c12. The first-order valence-electron chi connectivity index (χ1n) is 8.83. The van der Waals surface area contributed by atoms with Gasteiger partial charge in [-0.1, -0.05) is 0 Å². The Labute approximate surface area is 155 Å². The van der Waals surface area contributed by atoms with Gasteiger partial charge in [-0.05, 0) is 44.0 Å². The van der Waals surface area contributed by atoms with Gasteiger partial charge in [-0.15, -0.1) is 0 Å². The van der Waals surface area contributed by atoms with Crippen molar-refractivity contribution in [1.29, 1.82) is 0 Å². The number of aryl methyl sites for hydroxylation is 1. The van der Waals surface area contributed by atoms with E-state index in [0.29, 0.717) is 40.9 Å². The molecule has 0 atom stereocenters. The number of aromatic hydroxyl groups is 1. The number of halogens is 1. The van der Waals surface area contributed by atoms with E-state index >= 15 is 0 Å². The van der Waals surface area contributed by atoms with Crippen LogP contribution in [0.25, 0.3) is 22.3 Å². The zero-order chi connectivity index (χ0) is 19.1. The van der Waals surface area contributed by atoms with Gasteiger partial charge in [0.05, 0.1) is 16.6 Å². The number of pyridine rings is 1. The molecule has 1 amide bonds. The van der Waals surface area contributed by atoms with Gasteiger partial charge in [0.1, 0.15) is 0 Å². The number of piperidine rings is 1. The lowest BCUT2D eigenvalue weighted by atomic mass is 10.0. The molecule has 1 aliphatic rings. The second-order valence-electron chi connectivity index (χ2n) is 6.90. The van der Waals surface area contributed by atoms with Gasteiger partial charge in [0.15, 0.2) is 17.2 Å². The van der Waals surface area contributed by atoms with Crippen LogP contribution < -0.4 is 5.73 Å². The van der Waals surface area contributed by atoms with Crippen molar-refractivity contribution in [3.05, 3.63) is 41.3 Å². The van der Waals surface area contributed by atoms with E-state index in [2.05, 4.69) is 15.2 Å². The van der Waals surface area contributed by atoms with Gasteiger partial charge in [0.2, 0.25) is 0 Å². The molecule has 0 saturated carbocycles. The highest BCUT2D eigenvalue weighted by atomic mass is 19.1. The summed E-state index contributed by atoms with van der Waals surface area (Å²) < 4.78 is 13.8. The van der Waals surface area contributed by atoms with E-state index in [0.717, 1.165) is 18.5 Å². The third kappa shape index (κ3) is 3.12. The number of carbonyl (C=O) groups excluding carboxylic acids is 1. The standard InChI is InChI=1S/C19H20FN5O2/c1-10-17-13(19(27)25-6-4-12(21)5-7-25)9-15(22-18(17)24-23-10)11-2-3-16(26)14(20)8-11/h2-3,8-9,12,26H,4-7,21H2,1H3,(H,22,23,24). The fourth-order valence-electron chi connectivity index (χ4n) is 3.43. The number of rotatable bonds is 2. The number of aromatic nitrogens is 3. The molecule has 0 radical (unpaired) electrons. The average Bonchev–Trinajstić information content (AvgIpc) is 3.04. The fraction of sp³-hybridized carbons (Fsp3) is 0.316. The number of benzene rings is 1. The molecule has 4 N–H and O–H groups in total. The maximum absolute atomic E-state index is 13.8. The Hall–Kier alpha value is -3.00. The maximum atomic E-state index is 13.8. The lowest BCUT2D eigenvalue weighted by Crippen LogP contribution is -2.42. The Balaban J connectivity index is 1.82. The molecule has 0 bridgehead atoms. The number of phenols is 1. The van der Waals surface area contributed by atoms with E-state index in [1.807, 2.05) is 6.92 Å². The Morgan fingerprint density at radius 1 is 1.33 bits per heavy atom. The summed E-state index contributed by atoms with van der Waals surface area (Å²) in [6, 6.07) is 5.79. The van der Waals surface area contributed by atoms with Gasteiger partial charge in [0.25, 0.3) is 5.91 Å². The minimum atomic E-state index is -0.745. The summed E-state index contributed by atoms with van der Waals surface area (Å²) in [5.41, 5.74) is 8.45. The molecule has 0 unspecified atom stereocenters. The molecule has 4 rings (SSSR count). The largest absolute Gasteiger partial charge is 0.505 e. The Morgan fingerprint density at radius 3 is 2.78 bits per heavy atom. The van der Waals surface area contributed by atoms with Crippen molar-refractivity contribution in [3.8, 4) is 17.0 Å². The molecule has 3 aromatic rings.